The summed E-state index contributed by atoms with van der Waals surface area (Å²) in [6.45, 7) is 0. The van der Waals surface area contributed by atoms with Crippen LogP contribution in [0.25, 0.3) is 0 Å². The highest BCUT2D eigenvalue weighted by Crippen LogP contribution is 2.11. The Morgan fingerprint density at radius 2 is 1.72 bits per heavy atom. The van der Waals surface area contributed by atoms with E-state index in [1.54, 1.807) is 30.5 Å². The molecule has 0 aliphatic rings. The summed E-state index contributed by atoms with van der Waals surface area (Å²) >= 11 is 11.3. The van der Waals surface area contributed by atoms with Gasteiger partial charge in [-0.3, -0.25) is 4.79 Å². The molecule has 2 aromatic rings. The molecule has 0 aliphatic carbocycles. The van der Waals surface area contributed by atoms with E-state index in [-0.39, 0.29) is 12.3 Å². The number of hydrogen-bond donors (Lipinski definition) is 1. The molecule has 0 spiro atoms. The molecule has 18 heavy (non-hydrogen) atoms. The summed E-state index contributed by atoms with van der Waals surface area (Å²) in [5.74, 6) is -0.150. The number of amides is 1. The minimum Gasteiger partial charge on any atom is -0.324 e. The molecule has 0 saturated carbocycles. The van der Waals surface area contributed by atoms with Crippen molar-refractivity contribution in [3.05, 3.63) is 52.5 Å². The topological polar surface area (TPSA) is 54.9 Å². The molecule has 4 nitrogen and oxygen atoms in total. The summed E-state index contributed by atoms with van der Waals surface area (Å²) in [6, 6.07) is 6.71. The van der Waals surface area contributed by atoms with E-state index in [0.717, 1.165) is 5.56 Å². The average molecular weight is 282 g/mol. The number of rotatable bonds is 3. The number of anilines is 1. The van der Waals surface area contributed by atoms with E-state index in [9.17, 15) is 4.79 Å². The van der Waals surface area contributed by atoms with Crippen molar-refractivity contribution in [3.63, 3.8) is 0 Å². The summed E-state index contributed by atoms with van der Waals surface area (Å²) in [7, 11) is 0. The van der Waals surface area contributed by atoms with E-state index in [1.807, 2.05) is 0 Å². The number of nitrogens with one attached hydrogen (secondary N) is 1. The zero-order chi connectivity index (χ0) is 13.0. The minimum absolute atomic E-state index is 0.150. The van der Waals surface area contributed by atoms with Crippen LogP contribution in [0.3, 0.4) is 0 Å². The maximum Gasteiger partial charge on any atom is 0.228 e. The molecule has 0 aliphatic heterocycles. The third-order valence-corrected chi connectivity index (χ3v) is 2.61. The summed E-state index contributed by atoms with van der Waals surface area (Å²) in [4.78, 5) is 19.5. The second kappa shape index (κ2) is 5.80. The van der Waals surface area contributed by atoms with Crippen LogP contribution in [-0.4, -0.2) is 15.9 Å². The van der Waals surface area contributed by atoms with Gasteiger partial charge < -0.3 is 5.32 Å². The van der Waals surface area contributed by atoms with Gasteiger partial charge in [0.1, 0.15) is 10.3 Å². The molecular formula is C12H9Cl2N3O. The van der Waals surface area contributed by atoms with Crippen LogP contribution < -0.4 is 5.32 Å². The van der Waals surface area contributed by atoms with E-state index in [4.69, 9.17) is 23.2 Å². The van der Waals surface area contributed by atoms with Crippen LogP contribution in [0.2, 0.25) is 10.3 Å². The molecule has 2 rings (SSSR count). The van der Waals surface area contributed by atoms with Gasteiger partial charge in [0.2, 0.25) is 5.91 Å². The monoisotopic (exact) mass is 281 g/mol. The summed E-state index contributed by atoms with van der Waals surface area (Å²) < 4.78 is 0. The Morgan fingerprint density at radius 1 is 1.06 bits per heavy atom. The predicted molar refractivity (Wildman–Crippen MR) is 70.8 cm³/mol. The number of aromatic nitrogens is 2. The van der Waals surface area contributed by atoms with Crippen LogP contribution in [0.1, 0.15) is 5.56 Å². The molecule has 0 saturated heterocycles. The highest BCUT2D eigenvalue weighted by Gasteiger charge is 2.04. The number of hydrogen-bond acceptors (Lipinski definition) is 3. The minimum atomic E-state index is -0.150. The lowest BCUT2D eigenvalue weighted by Crippen LogP contribution is -2.14. The van der Waals surface area contributed by atoms with Crippen LogP contribution in [0.5, 0.6) is 0 Å². The van der Waals surface area contributed by atoms with E-state index < -0.39 is 0 Å². The Morgan fingerprint density at radius 3 is 2.28 bits per heavy atom. The van der Waals surface area contributed by atoms with Crippen molar-refractivity contribution in [2.45, 2.75) is 6.42 Å². The van der Waals surface area contributed by atoms with Gasteiger partial charge in [0.25, 0.3) is 0 Å². The smallest absolute Gasteiger partial charge is 0.228 e. The zero-order valence-corrected chi connectivity index (χ0v) is 10.7. The van der Waals surface area contributed by atoms with Crippen LogP contribution >= 0.6 is 23.2 Å². The molecule has 0 bridgehead atoms. The fraction of sp³-hybridized carbons (Fsp3) is 0.0833. The Bertz CT molecular complexity index is 491. The van der Waals surface area contributed by atoms with Crippen LogP contribution in [-0.2, 0) is 11.2 Å². The lowest BCUT2D eigenvalue weighted by Gasteiger charge is -2.04. The standard InChI is InChI=1S/C12H9Cl2N3O/c13-10-3-1-8(6-15-10)5-12(18)17-9-2-4-11(14)16-7-9/h1-4,6-7H,5H2,(H,17,18). The molecule has 1 N–H and O–H groups in total. The van der Waals surface area contributed by atoms with Crippen LogP contribution in [0.4, 0.5) is 5.69 Å². The highest BCUT2D eigenvalue weighted by molar-refractivity contribution is 6.29. The zero-order valence-electron chi connectivity index (χ0n) is 9.23. The Kier molecular flexibility index (Phi) is 4.12. The van der Waals surface area contributed by atoms with Crippen molar-refractivity contribution in [1.82, 2.24) is 9.97 Å². The van der Waals surface area contributed by atoms with Crippen molar-refractivity contribution in [2.24, 2.45) is 0 Å². The number of nitrogens with zero attached hydrogens (tertiary/aromatic N) is 2. The number of carbonyl (C=O) groups excluding carboxylic acids is 1. The molecular weight excluding hydrogens is 273 g/mol. The molecule has 0 unspecified atom stereocenters. The van der Waals surface area contributed by atoms with Crippen molar-refractivity contribution in [1.29, 1.82) is 0 Å². The third kappa shape index (κ3) is 3.68. The van der Waals surface area contributed by atoms with Gasteiger partial charge in [-0.1, -0.05) is 29.3 Å². The third-order valence-electron chi connectivity index (χ3n) is 2.16. The van der Waals surface area contributed by atoms with Crippen LogP contribution in [0, 0.1) is 0 Å². The van der Waals surface area contributed by atoms with E-state index in [2.05, 4.69) is 15.3 Å². The van der Waals surface area contributed by atoms with Gasteiger partial charge in [0.15, 0.2) is 0 Å². The van der Waals surface area contributed by atoms with Gasteiger partial charge in [-0.2, -0.15) is 0 Å². The normalized spacial score (nSPS) is 10.1. The molecule has 2 heterocycles. The Hall–Kier alpha value is -1.65. The highest BCUT2D eigenvalue weighted by atomic mass is 35.5. The lowest BCUT2D eigenvalue weighted by molar-refractivity contribution is -0.115. The first-order valence-corrected chi connectivity index (χ1v) is 5.91. The summed E-state index contributed by atoms with van der Waals surface area (Å²) in [5, 5.41) is 3.50. The molecule has 0 atom stereocenters. The van der Waals surface area contributed by atoms with Gasteiger partial charge >= 0.3 is 0 Å². The van der Waals surface area contributed by atoms with Crippen LogP contribution in [0.15, 0.2) is 36.7 Å². The van der Waals surface area contributed by atoms with E-state index in [1.165, 1.54) is 6.20 Å². The fourth-order valence-corrected chi connectivity index (χ4v) is 1.57. The molecule has 2 aromatic heterocycles. The molecule has 92 valence electrons. The maximum absolute atomic E-state index is 11.7. The van der Waals surface area contributed by atoms with Crippen molar-refractivity contribution >= 4 is 34.8 Å². The second-order valence-electron chi connectivity index (χ2n) is 3.58. The van der Waals surface area contributed by atoms with Crippen molar-refractivity contribution in [2.75, 3.05) is 5.32 Å². The van der Waals surface area contributed by atoms with Gasteiger partial charge in [-0.15, -0.1) is 0 Å². The first-order valence-electron chi connectivity index (χ1n) is 5.15. The predicted octanol–water partition coefficient (Wildman–Crippen LogP) is 2.96. The molecule has 1 amide bonds. The van der Waals surface area contributed by atoms with Gasteiger partial charge in [-0.05, 0) is 23.8 Å². The number of carbonyl (C=O) groups is 1. The number of pyridine rings is 2. The van der Waals surface area contributed by atoms with E-state index >= 15 is 0 Å². The van der Waals surface area contributed by atoms with Crippen molar-refractivity contribution in [3.8, 4) is 0 Å². The maximum atomic E-state index is 11.7. The van der Waals surface area contributed by atoms with Gasteiger partial charge in [0, 0.05) is 6.20 Å². The van der Waals surface area contributed by atoms with Gasteiger partial charge in [-0.25, -0.2) is 9.97 Å². The van der Waals surface area contributed by atoms with Gasteiger partial charge in [0.05, 0.1) is 18.3 Å². The Labute approximate surface area is 114 Å². The summed E-state index contributed by atoms with van der Waals surface area (Å²) in [5.41, 5.74) is 1.39. The lowest BCUT2D eigenvalue weighted by atomic mass is 10.2. The molecule has 0 fully saturated rings. The molecule has 6 heteroatoms. The average Bonchev–Trinajstić information content (AvgIpc) is 2.35. The van der Waals surface area contributed by atoms with E-state index in [0.29, 0.717) is 16.0 Å². The SMILES string of the molecule is O=C(Cc1ccc(Cl)nc1)Nc1ccc(Cl)nc1. The first kappa shape index (κ1) is 12.8. The molecule has 0 aromatic carbocycles. The Balaban J connectivity index is 1.96. The fourth-order valence-electron chi connectivity index (χ4n) is 1.35. The quantitative estimate of drug-likeness (QED) is 0.880. The largest absolute Gasteiger partial charge is 0.324 e. The molecule has 0 radical (unpaired) electrons. The van der Waals surface area contributed by atoms with Crippen molar-refractivity contribution < 1.29 is 4.79 Å². The second-order valence-corrected chi connectivity index (χ2v) is 4.36. The summed E-state index contributed by atoms with van der Waals surface area (Å²) in [6.07, 6.45) is 3.30. The first-order chi connectivity index (χ1) is 8.63. The number of halogens is 2.